The summed E-state index contributed by atoms with van der Waals surface area (Å²) in [5, 5.41) is 3.18. The summed E-state index contributed by atoms with van der Waals surface area (Å²) < 4.78 is 5.51. The van der Waals surface area contributed by atoms with Crippen molar-refractivity contribution in [3.05, 3.63) is 36.0 Å². The SMILES string of the molecule is Cc1ccc(C(C)Nc2cnc(N)cn2)o1. The van der Waals surface area contributed by atoms with Gasteiger partial charge in [-0.15, -0.1) is 0 Å². The molecule has 0 radical (unpaired) electrons. The van der Waals surface area contributed by atoms with Crippen LogP contribution in [0.4, 0.5) is 11.6 Å². The minimum atomic E-state index is 0.0478. The monoisotopic (exact) mass is 218 g/mol. The molecule has 5 nitrogen and oxygen atoms in total. The molecule has 2 heterocycles. The fourth-order valence-corrected chi connectivity index (χ4v) is 1.39. The molecule has 84 valence electrons. The maximum absolute atomic E-state index is 5.51. The largest absolute Gasteiger partial charge is 0.464 e. The molecule has 0 spiro atoms. The Labute approximate surface area is 93.7 Å². The highest BCUT2D eigenvalue weighted by Gasteiger charge is 2.09. The van der Waals surface area contributed by atoms with Crippen LogP contribution < -0.4 is 11.1 Å². The third-order valence-corrected chi connectivity index (χ3v) is 2.22. The summed E-state index contributed by atoms with van der Waals surface area (Å²) in [6.07, 6.45) is 3.12. The van der Waals surface area contributed by atoms with Crippen molar-refractivity contribution >= 4 is 11.6 Å². The molecule has 0 aliphatic heterocycles. The van der Waals surface area contributed by atoms with E-state index in [1.165, 1.54) is 6.20 Å². The Kier molecular flexibility index (Phi) is 2.76. The van der Waals surface area contributed by atoms with Gasteiger partial charge in [-0.2, -0.15) is 0 Å². The van der Waals surface area contributed by atoms with Crippen LogP contribution in [-0.2, 0) is 0 Å². The summed E-state index contributed by atoms with van der Waals surface area (Å²) in [6.45, 7) is 3.91. The third kappa shape index (κ3) is 2.31. The van der Waals surface area contributed by atoms with Crippen LogP contribution in [0.2, 0.25) is 0 Å². The number of anilines is 2. The summed E-state index contributed by atoms with van der Waals surface area (Å²) in [5.74, 6) is 2.85. The summed E-state index contributed by atoms with van der Waals surface area (Å²) in [5.41, 5.74) is 5.45. The zero-order valence-corrected chi connectivity index (χ0v) is 9.27. The lowest BCUT2D eigenvalue weighted by molar-refractivity contribution is 0.466. The molecule has 2 aromatic rings. The van der Waals surface area contributed by atoms with Crippen LogP contribution in [0.3, 0.4) is 0 Å². The second kappa shape index (κ2) is 4.22. The summed E-state index contributed by atoms with van der Waals surface area (Å²) >= 11 is 0. The fraction of sp³-hybridized carbons (Fsp3) is 0.273. The predicted octanol–water partition coefficient (Wildman–Crippen LogP) is 2.13. The number of aromatic nitrogens is 2. The van der Waals surface area contributed by atoms with Gasteiger partial charge in [0.05, 0.1) is 18.4 Å². The van der Waals surface area contributed by atoms with E-state index in [0.29, 0.717) is 11.6 Å². The van der Waals surface area contributed by atoms with Gasteiger partial charge in [-0.1, -0.05) is 0 Å². The average molecular weight is 218 g/mol. The molecule has 0 aliphatic carbocycles. The molecule has 0 fully saturated rings. The minimum Gasteiger partial charge on any atom is -0.464 e. The lowest BCUT2D eigenvalue weighted by atomic mass is 10.2. The van der Waals surface area contributed by atoms with E-state index in [1.807, 2.05) is 26.0 Å². The van der Waals surface area contributed by atoms with Gasteiger partial charge in [0.15, 0.2) is 0 Å². The number of hydrogen-bond acceptors (Lipinski definition) is 5. The van der Waals surface area contributed by atoms with Crippen LogP contribution in [0.25, 0.3) is 0 Å². The Morgan fingerprint density at radius 1 is 1.31 bits per heavy atom. The van der Waals surface area contributed by atoms with Crippen molar-refractivity contribution in [1.29, 1.82) is 0 Å². The number of hydrogen-bond donors (Lipinski definition) is 2. The van der Waals surface area contributed by atoms with E-state index >= 15 is 0 Å². The van der Waals surface area contributed by atoms with Gasteiger partial charge in [0, 0.05) is 0 Å². The Hall–Kier alpha value is -2.04. The predicted molar refractivity (Wildman–Crippen MR) is 61.9 cm³/mol. The third-order valence-electron chi connectivity index (χ3n) is 2.22. The summed E-state index contributed by atoms with van der Waals surface area (Å²) in [4.78, 5) is 8.06. The van der Waals surface area contributed by atoms with Crippen LogP contribution >= 0.6 is 0 Å². The number of nitrogens with one attached hydrogen (secondary N) is 1. The first-order chi connectivity index (χ1) is 7.65. The standard InChI is InChI=1S/C11H14N4O/c1-7-3-4-9(16-7)8(2)15-11-6-13-10(12)5-14-11/h3-6,8H,1-2H3,(H2,12,13)(H,14,15). The van der Waals surface area contributed by atoms with E-state index in [2.05, 4.69) is 15.3 Å². The van der Waals surface area contributed by atoms with Gasteiger partial charge in [-0.25, -0.2) is 9.97 Å². The highest BCUT2D eigenvalue weighted by Crippen LogP contribution is 2.19. The number of aryl methyl sites for hydroxylation is 1. The normalized spacial score (nSPS) is 12.4. The van der Waals surface area contributed by atoms with Crippen molar-refractivity contribution in [3.63, 3.8) is 0 Å². The van der Waals surface area contributed by atoms with Crippen molar-refractivity contribution in [2.24, 2.45) is 0 Å². The van der Waals surface area contributed by atoms with Gasteiger partial charge in [0.2, 0.25) is 0 Å². The first-order valence-electron chi connectivity index (χ1n) is 5.05. The van der Waals surface area contributed by atoms with Crippen LogP contribution in [0, 0.1) is 6.92 Å². The zero-order valence-electron chi connectivity index (χ0n) is 9.27. The molecule has 0 amide bonds. The fourth-order valence-electron chi connectivity index (χ4n) is 1.39. The molecule has 1 atom stereocenters. The lowest BCUT2D eigenvalue weighted by Gasteiger charge is -2.11. The van der Waals surface area contributed by atoms with Gasteiger partial charge < -0.3 is 15.5 Å². The molecule has 0 saturated heterocycles. The Morgan fingerprint density at radius 3 is 2.69 bits per heavy atom. The number of nitrogens with zero attached hydrogens (tertiary/aromatic N) is 2. The molecule has 2 rings (SSSR count). The molecule has 16 heavy (non-hydrogen) atoms. The topological polar surface area (TPSA) is 77.0 Å². The van der Waals surface area contributed by atoms with Crippen LogP contribution in [0.1, 0.15) is 24.5 Å². The van der Waals surface area contributed by atoms with Gasteiger partial charge in [0.25, 0.3) is 0 Å². The Bertz CT molecular complexity index is 463. The van der Waals surface area contributed by atoms with E-state index in [1.54, 1.807) is 6.20 Å². The first-order valence-corrected chi connectivity index (χ1v) is 5.05. The van der Waals surface area contributed by atoms with E-state index < -0.39 is 0 Å². The minimum absolute atomic E-state index is 0.0478. The number of rotatable bonds is 3. The van der Waals surface area contributed by atoms with Crippen molar-refractivity contribution in [1.82, 2.24) is 9.97 Å². The molecular formula is C11H14N4O. The molecular weight excluding hydrogens is 204 g/mol. The van der Waals surface area contributed by atoms with E-state index in [-0.39, 0.29) is 6.04 Å². The molecule has 2 aromatic heterocycles. The van der Waals surface area contributed by atoms with Crippen molar-refractivity contribution in [2.75, 3.05) is 11.1 Å². The highest BCUT2D eigenvalue weighted by molar-refractivity contribution is 5.37. The van der Waals surface area contributed by atoms with Gasteiger partial charge >= 0.3 is 0 Å². The molecule has 3 N–H and O–H groups in total. The quantitative estimate of drug-likeness (QED) is 0.825. The molecule has 1 unspecified atom stereocenters. The number of nitrogens with two attached hydrogens (primary N) is 1. The number of furan rings is 1. The van der Waals surface area contributed by atoms with Crippen molar-refractivity contribution in [2.45, 2.75) is 19.9 Å². The molecule has 0 aliphatic rings. The maximum atomic E-state index is 5.51. The van der Waals surface area contributed by atoms with Crippen LogP contribution in [0.15, 0.2) is 28.9 Å². The van der Waals surface area contributed by atoms with Crippen LogP contribution in [0.5, 0.6) is 0 Å². The molecule has 5 heteroatoms. The summed E-state index contributed by atoms with van der Waals surface area (Å²) in [7, 11) is 0. The first kappa shape index (κ1) is 10.5. The summed E-state index contributed by atoms with van der Waals surface area (Å²) in [6, 6.07) is 3.92. The molecule has 0 aromatic carbocycles. The van der Waals surface area contributed by atoms with E-state index in [9.17, 15) is 0 Å². The highest BCUT2D eigenvalue weighted by atomic mass is 16.3. The average Bonchev–Trinajstić information content (AvgIpc) is 2.68. The van der Waals surface area contributed by atoms with Gasteiger partial charge in [-0.05, 0) is 26.0 Å². The smallest absolute Gasteiger partial charge is 0.145 e. The van der Waals surface area contributed by atoms with Gasteiger partial charge in [0.1, 0.15) is 23.2 Å². The van der Waals surface area contributed by atoms with Crippen LogP contribution in [-0.4, -0.2) is 9.97 Å². The zero-order chi connectivity index (χ0) is 11.5. The van der Waals surface area contributed by atoms with Crippen molar-refractivity contribution < 1.29 is 4.42 Å². The van der Waals surface area contributed by atoms with Gasteiger partial charge in [-0.3, -0.25) is 0 Å². The van der Waals surface area contributed by atoms with E-state index in [4.69, 9.17) is 10.2 Å². The number of nitrogen functional groups attached to an aromatic ring is 1. The molecule has 0 bridgehead atoms. The second-order valence-corrected chi connectivity index (χ2v) is 3.64. The maximum Gasteiger partial charge on any atom is 0.145 e. The second-order valence-electron chi connectivity index (χ2n) is 3.64. The lowest BCUT2D eigenvalue weighted by Crippen LogP contribution is -2.07. The van der Waals surface area contributed by atoms with E-state index in [0.717, 1.165) is 11.5 Å². The Morgan fingerprint density at radius 2 is 2.12 bits per heavy atom. The van der Waals surface area contributed by atoms with Crippen molar-refractivity contribution in [3.8, 4) is 0 Å². The Balaban J connectivity index is 2.07. The molecule has 0 saturated carbocycles.